The van der Waals surface area contributed by atoms with Crippen molar-refractivity contribution in [2.45, 2.75) is 37.5 Å². The molecule has 0 aromatic carbocycles. The van der Waals surface area contributed by atoms with Gasteiger partial charge in [0.15, 0.2) is 10.1 Å². The van der Waals surface area contributed by atoms with Crippen molar-refractivity contribution in [2.75, 3.05) is 13.2 Å². The molecule has 0 amide bonds. The number of halogens is 6. The SMILES string of the molecule is C=C(F)C(=O)OC(OCCC(F)(F)S(=O)(=O)[O-])(C(=O)OCC(C)C)C(F)(F)F. The fourth-order valence-electron chi connectivity index (χ4n) is 1.35. The Bertz CT molecular complexity index is 702. The molecule has 0 radical (unpaired) electrons. The van der Waals surface area contributed by atoms with E-state index in [1.165, 1.54) is 13.8 Å². The molecule has 0 heterocycles. The van der Waals surface area contributed by atoms with Crippen LogP contribution in [0.4, 0.5) is 26.3 Å². The first kappa shape index (κ1) is 26.1. The van der Waals surface area contributed by atoms with Crippen molar-refractivity contribution in [2.24, 2.45) is 5.92 Å². The summed E-state index contributed by atoms with van der Waals surface area (Å²) in [5.74, 6) is -12.2. The highest BCUT2D eigenvalue weighted by Crippen LogP contribution is 2.38. The lowest BCUT2D eigenvalue weighted by Crippen LogP contribution is -2.58. The third-order valence-electron chi connectivity index (χ3n) is 2.71. The molecule has 1 atom stereocenters. The van der Waals surface area contributed by atoms with E-state index < -0.39 is 70.7 Å². The van der Waals surface area contributed by atoms with Gasteiger partial charge >= 0.3 is 29.2 Å². The molecule has 28 heavy (non-hydrogen) atoms. The van der Waals surface area contributed by atoms with Crippen molar-refractivity contribution in [1.29, 1.82) is 0 Å². The Morgan fingerprint density at radius 1 is 1.14 bits per heavy atom. The minimum atomic E-state index is -6.28. The molecule has 8 nitrogen and oxygen atoms in total. The van der Waals surface area contributed by atoms with Gasteiger partial charge < -0.3 is 18.8 Å². The molecule has 0 aromatic rings. The summed E-state index contributed by atoms with van der Waals surface area (Å²) < 4.78 is 122. The molecule has 0 aliphatic carbocycles. The van der Waals surface area contributed by atoms with E-state index in [2.05, 4.69) is 20.8 Å². The molecule has 0 aliphatic heterocycles. The molecule has 0 N–H and O–H groups in total. The van der Waals surface area contributed by atoms with Crippen molar-refractivity contribution in [1.82, 2.24) is 0 Å². The minimum Gasteiger partial charge on any atom is -0.743 e. The predicted octanol–water partition coefficient (Wildman–Crippen LogP) is 2.02. The normalized spacial score (nSPS) is 15.1. The third kappa shape index (κ3) is 6.63. The van der Waals surface area contributed by atoms with Crippen molar-refractivity contribution < 1.29 is 63.1 Å². The third-order valence-corrected chi connectivity index (χ3v) is 3.65. The number of esters is 2. The van der Waals surface area contributed by atoms with Gasteiger partial charge in [-0.05, 0) is 5.92 Å². The van der Waals surface area contributed by atoms with Crippen LogP contribution in [0.5, 0.6) is 0 Å². The van der Waals surface area contributed by atoms with E-state index in [1.807, 2.05) is 0 Å². The van der Waals surface area contributed by atoms with Crippen molar-refractivity contribution in [3.05, 3.63) is 12.4 Å². The average molecular weight is 445 g/mol. The number of ether oxygens (including phenoxy) is 3. The van der Waals surface area contributed by atoms with Crippen molar-refractivity contribution >= 4 is 22.1 Å². The molecule has 0 spiro atoms. The molecule has 0 fully saturated rings. The van der Waals surface area contributed by atoms with Crippen LogP contribution >= 0.6 is 0 Å². The lowest BCUT2D eigenvalue weighted by Gasteiger charge is -2.32. The molecule has 0 bridgehead atoms. The number of rotatable bonds is 10. The monoisotopic (exact) mass is 445 g/mol. The summed E-state index contributed by atoms with van der Waals surface area (Å²) in [7, 11) is -6.28. The lowest BCUT2D eigenvalue weighted by molar-refractivity contribution is -0.356. The zero-order valence-electron chi connectivity index (χ0n) is 14.3. The molecular weight excluding hydrogens is 430 g/mol. The Hall–Kier alpha value is -1.87. The van der Waals surface area contributed by atoms with E-state index in [0.717, 1.165) is 0 Å². The fraction of sp³-hybridized carbons (Fsp3) is 0.692. The average Bonchev–Trinajstić information content (AvgIpc) is 2.48. The number of hydrogen-bond acceptors (Lipinski definition) is 8. The largest absolute Gasteiger partial charge is 0.743 e. The van der Waals surface area contributed by atoms with Gasteiger partial charge in [-0.15, -0.1) is 0 Å². The summed E-state index contributed by atoms with van der Waals surface area (Å²) in [6.07, 6.45) is -8.11. The topological polar surface area (TPSA) is 119 Å². The van der Waals surface area contributed by atoms with E-state index in [0.29, 0.717) is 0 Å². The summed E-state index contributed by atoms with van der Waals surface area (Å²) in [5.41, 5.74) is 0. The Morgan fingerprint density at radius 2 is 1.64 bits per heavy atom. The van der Waals surface area contributed by atoms with Gasteiger partial charge in [0, 0.05) is 6.42 Å². The molecule has 0 saturated heterocycles. The van der Waals surface area contributed by atoms with Crippen LogP contribution in [0, 0.1) is 5.92 Å². The second-order valence-corrected chi connectivity index (χ2v) is 7.10. The van der Waals surface area contributed by atoms with Crippen LogP contribution < -0.4 is 0 Å². The van der Waals surface area contributed by atoms with Gasteiger partial charge in [-0.1, -0.05) is 20.4 Å². The van der Waals surface area contributed by atoms with E-state index >= 15 is 0 Å². The Labute approximate surface area is 155 Å². The van der Waals surface area contributed by atoms with Crippen molar-refractivity contribution in [3.63, 3.8) is 0 Å². The van der Waals surface area contributed by atoms with Gasteiger partial charge in [0.05, 0.1) is 13.2 Å². The van der Waals surface area contributed by atoms with Crippen LogP contribution in [0.3, 0.4) is 0 Å². The second kappa shape index (κ2) is 9.09. The highest BCUT2D eigenvalue weighted by atomic mass is 32.2. The first-order chi connectivity index (χ1) is 12.4. The zero-order valence-corrected chi connectivity index (χ0v) is 15.2. The van der Waals surface area contributed by atoms with Crippen LogP contribution in [0.15, 0.2) is 12.4 Å². The molecule has 164 valence electrons. The first-order valence-corrected chi connectivity index (χ1v) is 8.57. The maximum atomic E-state index is 13.4. The minimum absolute atomic E-state index is 0.531. The second-order valence-electron chi connectivity index (χ2n) is 5.59. The van der Waals surface area contributed by atoms with Crippen LogP contribution in [-0.2, 0) is 33.9 Å². The summed E-state index contributed by atoms with van der Waals surface area (Å²) in [6.45, 7) is 2.57. The lowest BCUT2D eigenvalue weighted by atomic mass is 10.2. The summed E-state index contributed by atoms with van der Waals surface area (Å²) >= 11 is 0. The predicted molar refractivity (Wildman–Crippen MR) is 76.1 cm³/mol. The Kier molecular flexibility index (Phi) is 8.48. The van der Waals surface area contributed by atoms with Gasteiger partial charge in [0.25, 0.3) is 0 Å². The van der Waals surface area contributed by atoms with E-state index in [9.17, 15) is 48.9 Å². The van der Waals surface area contributed by atoms with E-state index in [-0.39, 0.29) is 0 Å². The Morgan fingerprint density at radius 3 is 2.00 bits per heavy atom. The van der Waals surface area contributed by atoms with Crippen LogP contribution in [0.1, 0.15) is 20.3 Å². The molecule has 0 rings (SSSR count). The smallest absolute Gasteiger partial charge is 0.468 e. The summed E-state index contributed by atoms with van der Waals surface area (Å²) in [5, 5.41) is -5.07. The van der Waals surface area contributed by atoms with Gasteiger partial charge in [-0.25, -0.2) is 18.0 Å². The van der Waals surface area contributed by atoms with Crippen molar-refractivity contribution in [3.8, 4) is 0 Å². The molecule has 0 aliphatic rings. The highest BCUT2D eigenvalue weighted by molar-refractivity contribution is 7.86. The standard InChI is InChI=1S/C13H16F6O8S/c1-7(2)6-25-10(21)12(13(17,18)19,27-9(20)8(3)14)26-5-4-11(15,16)28(22,23)24/h7H,3-6H2,1-2H3,(H,22,23,24)/p-1. The maximum Gasteiger partial charge on any atom is 0.468 e. The molecule has 0 saturated carbocycles. The van der Waals surface area contributed by atoms with E-state index in [1.54, 1.807) is 0 Å². The van der Waals surface area contributed by atoms with Gasteiger partial charge in [-0.2, -0.15) is 26.3 Å². The van der Waals surface area contributed by atoms with Gasteiger partial charge in [0.2, 0.25) is 5.83 Å². The van der Waals surface area contributed by atoms with Crippen LogP contribution in [0.25, 0.3) is 0 Å². The maximum absolute atomic E-state index is 13.4. The molecule has 15 heteroatoms. The number of alkyl halides is 5. The van der Waals surface area contributed by atoms with Gasteiger partial charge in [0.1, 0.15) is 0 Å². The number of carbonyl (C=O) groups is 2. The molecule has 1 unspecified atom stereocenters. The summed E-state index contributed by atoms with van der Waals surface area (Å²) in [6, 6.07) is 0. The quantitative estimate of drug-likeness (QED) is 0.165. The van der Waals surface area contributed by atoms with E-state index in [4.69, 9.17) is 0 Å². The Balaban J connectivity index is 5.88. The summed E-state index contributed by atoms with van der Waals surface area (Å²) in [4.78, 5) is 23.1. The molecule has 0 aromatic heterocycles. The highest BCUT2D eigenvalue weighted by Gasteiger charge is 2.68. The first-order valence-electron chi connectivity index (χ1n) is 7.16. The zero-order chi connectivity index (χ0) is 22.6. The number of carbonyl (C=O) groups excluding carboxylic acids is 2. The van der Waals surface area contributed by atoms with Gasteiger partial charge in [-0.3, -0.25) is 0 Å². The van der Waals surface area contributed by atoms with Crippen LogP contribution in [-0.4, -0.2) is 55.3 Å². The fourth-order valence-corrected chi connectivity index (χ4v) is 1.68. The van der Waals surface area contributed by atoms with Crippen LogP contribution in [0.2, 0.25) is 0 Å². The number of hydrogen-bond donors (Lipinski definition) is 0. The molecular formula is C13H15F6O8S-.